The molecule has 0 aliphatic heterocycles. The number of methoxy groups -OCH3 is 2. The number of hydrogen-bond donors (Lipinski definition) is 0. The van der Waals surface area contributed by atoms with Gasteiger partial charge in [-0.15, -0.1) is 22.7 Å². The first kappa shape index (κ1) is 68.0. The van der Waals surface area contributed by atoms with Gasteiger partial charge in [0.2, 0.25) is 0 Å². The van der Waals surface area contributed by atoms with Crippen LogP contribution in [0, 0.1) is 0 Å². The molecule has 500 valence electrons. The lowest BCUT2D eigenvalue weighted by molar-refractivity contribution is -0.254. The van der Waals surface area contributed by atoms with Gasteiger partial charge in [0.25, 0.3) is 0 Å². The molecule has 0 saturated carbocycles. The Morgan fingerprint density at radius 1 is 0.303 bits per heavy atom. The Kier molecular flexibility index (Phi) is 20.0. The fourth-order valence-corrected chi connectivity index (χ4v) is 14.3. The summed E-state index contributed by atoms with van der Waals surface area (Å²) in [6.45, 7) is 0.615. The Bertz CT molecular complexity index is 4400. The van der Waals surface area contributed by atoms with E-state index in [-0.39, 0.29) is 36.2 Å². The van der Waals surface area contributed by atoms with Gasteiger partial charge in [-0.2, -0.15) is 26.3 Å². The number of halogens is 10. The van der Waals surface area contributed by atoms with Crippen molar-refractivity contribution in [2.24, 2.45) is 0 Å². The van der Waals surface area contributed by atoms with Crippen LogP contribution in [0.3, 0.4) is 0 Å². The highest BCUT2D eigenvalue weighted by molar-refractivity contribution is 7.19. The summed E-state index contributed by atoms with van der Waals surface area (Å²) in [6.07, 6.45) is 0. The van der Waals surface area contributed by atoms with Crippen molar-refractivity contribution in [2.75, 3.05) is 50.4 Å². The van der Waals surface area contributed by atoms with Gasteiger partial charge in [0, 0.05) is 96.0 Å². The molecule has 8 nitrogen and oxygen atoms in total. The summed E-state index contributed by atoms with van der Waals surface area (Å²) < 4.78 is 137. The number of nitrogens with zero attached hydrogens (tertiary/aromatic N) is 2. The summed E-state index contributed by atoms with van der Waals surface area (Å²) in [5.41, 5.74) is 2.84. The maximum absolute atomic E-state index is 17.3. The number of hydrogen-bond acceptors (Lipinski definition) is 10. The summed E-state index contributed by atoms with van der Waals surface area (Å²) in [5, 5.41) is 2.43. The fourth-order valence-electron chi connectivity index (χ4n) is 11.5. The summed E-state index contributed by atoms with van der Waals surface area (Å²) in [7, 11) is 2.90. The second-order valence-electron chi connectivity index (χ2n) is 22.6. The molecule has 12 aromatic rings. The first-order valence-corrected chi connectivity index (χ1v) is 34.0. The second kappa shape index (κ2) is 29.1. The number of anilines is 6. The summed E-state index contributed by atoms with van der Waals surface area (Å²) in [6, 6.07) is 73.5. The molecule has 0 saturated heterocycles. The maximum atomic E-state index is 17.3. The second-order valence-corrected chi connectivity index (χ2v) is 26.5. The van der Waals surface area contributed by atoms with Crippen molar-refractivity contribution in [3.63, 3.8) is 0 Å². The lowest BCUT2D eigenvalue weighted by atomic mass is 9.92. The van der Waals surface area contributed by atoms with E-state index in [1.54, 1.807) is 97.1 Å². The molecule has 0 atom stereocenters. The molecule has 1 aliphatic rings. The number of thiophene rings is 2. The van der Waals surface area contributed by atoms with E-state index in [4.69, 9.17) is 74.8 Å². The largest absolute Gasteiger partial charge is 0.497 e. The van der Waals surface area contributed by atoms with Crippen LogP contribution in [0.2, 0.25) is 20.1 Å². The topological polar surface area (TPSA) is 61.9 Å². The predicted molar refractivity (Wildman–Crippen MR) is 389 cm³/mol. The van der Waals surface area contributed by atoms with E-state index >= 15 is 26.3 Å². The van der Waals surface area contributed by atoms with E-state index in [2.05, 4.69) is 9.80 Å². The Balaban J connectivity index is 0.754. The van der Waals surface area contributed by atoms with Crippen LogP contribution in [0.25, 0.3) is 52.9 Å². The molecule has 0 unspecified atom stereocenters. The first-order chi connectivity index (χ1) is 47.8. The number of rotatable bonds is 24. The van der Waals surface area contributed by atoms with Gasteiger partial charge in [-0.3, -0.25) is 0 Å². The van der Waals surface area contributed by atoms with Gasteiger partial charge < -0.3 is 38.2 Å². The Hall–Kier alpha value is -9.52. The molecule has 99 heavy (non-hydrogen) atoms. The molecule has 20 heteroatoms. The van der Waals surface area contributed by atoms with Gasteiger partial charge in [0.15, 0.2) is 0 Å². The van der Waals surface area contributed by atoms with Crippen LogP contribution in [0.1, 0.15) is 11.1 Å². The van der Waals surface area contributed by atoms with E-state index in [0.29, 0.717) is 86.6 Å². The molecular weight excluding hydrogens is 1390 g/mol. The van der Waals surface area contributed by atoms with Crippen LogP contribution in [0.5, 0.6) is 34.5 Å². The molecule has 2 heterocycles. The third kappa shape index (κ3) is 14.4. The van der Waals surface area contributed by atoms with E-state index in [1.165, 1.54) is 26.4 Å². The van der Waals surface area contributed by atoms with Crippen molar-refractivity contribution in [3.05, 3.63) is 286 Å². The normalized spacial score (nSPS) is 13.6. The van der Waals surface area contributed by atoms with Gasteiger partial charge >= 0.3 is 17.8 Å². The monoisotopic (exact) mass is 1450 g/mol. The van der Waals surface area contributed by atoms with E-state index < -0.39 is 40.0 Å². The van der Waals surface area contributed by atoms with Crippen molar-refractivity contribution >= 4 is 114 Å². The molecule has 0 N–H and O–H groups in total. The SMILES string of the molecule is COc1ccc(-c2sc(-c3ccc(OCCOc4ccc(N(c5ccc(Cl)cc5)c5ccc(Cl)cc5)cc4)cc3)cc2C2=C(c3cc(-c4ccc(OCCOc5ccc(N(c6ccc(Cl)cc6)c6ccc(Cl)cc6)cc5)cc4)sc3-c3ccc(OC)cc3)C(F)(F)C(F)(F)C2(F)F)cc1. The third-order valence-electron chi connectivity index (χ3n) is 16.4. The first-order valence-electron chi connectivity index (χ1n) is 30.9. The third-order valence-corrected chi connectivity index (χ3v) is 19.9. The number of alkyl halides is 6. The summed E-state index contributed by atoms with van der Waals surface area (Å²) in [5.74, 6) is -13.8. The maximum Gasteiger partial charge on any atom is 0.380 e. The van der Waals surface area contributed by atoms with E-state index in [0.717, 1.165) is 56.8 Å². The van der Waals surface area contributed by atoms with Crippen LogP contribution in [0.4, 0.5) is 60.5 Å². The quantitative estimate of drug-likeness (QED) is 0.0438. The smallest absolute Gasteiger partial charge is 0.380 e. The van der Waals surface area contributed by atoms with Crippen LogP contribution in [-0.4, -0.2) is 58.4 Å². The Morgan fingerprint density at radius 2 is 0.525 bits per heavy atom. The lowest BCUT2D eigenvalue weighted by Gasteiger charge is -2.26. The molecule has 0 fully saturated rings. The number of benzene rings is 10. The zero-order chi connectivity index (χ0) is 69.0. The van der Waals surface area contributed by atoms with Gasteiger partial charge in [0.1, 0.15) is 60.9 Å². The lowest BCUT2D eigenvalue weighted by Crippen LogP contribution is -2.48. The van der Waals surface area contributed by atoms with Crippen molar-refractivity contribution in [3.8, 4) is 76.3 Å². The van der Waals surface area contributed by atoms with Gasteiger partial charge in [-0.25, -0.2) is 0 Å². The van der Waals surface area contributed by atoms with E-state index in [1.807, 2.05) is 146 Å². The van der Waals surface area contributed by atoms with Crippen LogP contribution < -0.4 is 38.2 Å². The Morgan fingerprint density at radius 3 is 0.778 bits per heavy atom. The van der Waals surface area contributed by atoms with E-state index in [9.17, 15) is 0 Å². The van der Waals surface area contributed by atoms with Crippen LogP contribution in [0.15, 0.2) is 255 Å². The fraction of sp³-hybridized carbons (Fsp3) is 0.114. The minimum absolute atomic E-state index is 0.0497. The standard InChI is InChI=1S/C79H56Cl4F6N2O6S2/c1-92-63-31-7-51(8-32-63)75-69(47-71(98-75)49-3-35-65(36-4-49)94-43-45-96-67-39-27-61(28-40-67)90(57-19-11-53(80)12-20-57)58-21-13-54(81)14-22-58)73-74(78(86,87)79(88,89)77(73,84)85)70-48-72(99-76(70)52-9-33-64(93-2)34-10-52)50-5-37-66(38-6-50)95-44-46-97-68-41-29-62(30-42-68)91(59-23-15-55(82)16-24-59)60-25-17-56(83)18-26-60/h3-42,47-48H,43-46H2,1-2H3. The molecule has 0 bridgehead atoms. The van der Waals surface area contributed by atoms with Crippen molar-refractivity contribution < 1.29 is 54.8 Å². The van der Waals surface area contributed by atoms with Crippen LogP contribution >= 0.6 is 69.1 Å². The number of allylic oxidation sites excluding steroid dienone is 2. The molecule has 10 aromatic carbocycles. The highest BCUT2D eigenvalue weighted by Crippen LogP contribution is 2.67. The highest BCUT2D eigenvalue weighted by Gasteiger charge is 2.80. The van der Waals surface area contributed by atoms with Gasteiger partial charge in [0.05, 0.1) is 14.2 Å². The van der Waals surface area contributed by atoms with Crippen molar-refractivity contribution in [2.45, 2.75) is 17.8 Å². The molecule has 1 aliphatic carbocycles. The summed E-state index contributed by atoms with van der Waals surface area (Å²) >= 11 is 26.9. The molecule has 0 amide bonds. The van der Waals surface area contributed by atoms with Crippen LogP contribution in [-0.2, 0) is 0 Å². The summed E-state index contributed by atoms with van der Waals surface area (Å²) in [4.78, 5) is 4.87. The molecule has 2 aromatic heterocycles. The minimum atomic E-state index is -5.88. The number of ether oxygens (including phenoxy) is 6. The zero-order valence-electron chi connectivity index (χ0n) is 52.5. The average Bonchev–Trinajstić information content (AvgIpc) is 1.52. The van der Waals surface area contributed by atoms with Crippen molar-refractivity contribution in [1.82, 2.24) is 0 Å². The zero-order valence-corrected chi connectivity index (χ0v) is 57.2. The molecule has 0 radical (unpaired) electrons. The minimum Gasteiger partial charge on any atom is -0.497 e. The highest BCUT2D eigenvalue weighted by atomic mass is 35.5. The average molecular weight is 1450 g/mol. The Labute approximate surface area is 595 Å². The molecular formula is C79H56Cl4F6N2O6S2. The molecule has 0 spiro atoms. The van der Waals surface area contributed by atoms with Gasteiger partial charge in [-0.1, -0.05) is 46.4 Å². The molecule has 13 rings (SSSR count). The van der Waals surface area contributed by atoms with Gasteiger partial charge in [-0.05, 0) is 277 Å². The predicted octanol–water partition coefficient (Wildman–Crippen LogP) is 24.8. The van der Waals surface area contributed by atoms with Crippen molar-refractivity contribution in [1.29, 1.82) is 0 Å².